The van der Waals surface area contributed by atoms with Crippen LogP contribution in [0.4, 0.5) is 4.39 Å². The maximum atomic E-state index is 12.8. The van der Waals surface area contributed by atoms with Gasteiger partial charge in [0.15, 0.2) is 0 Å². The summed E-state index contributed by atoms with van der Waals surface area (Å²) >= 11 is 0. The minimum absolute atomic E-state index is 0.0515. The van der Waals surface area contributed by atoms with Gasteiger partial charge in [0.25, 0.3) is 0 Å². The zero-order chi connectivity index (χ0) is 17.1. The van der Waals surface area contributed by atoms with E-state index in [1.807, 2.05) is 6.92 Å². The van der Waals surface area contributed by atoms with Crippen LogP contribution in [0.15, 0.2) is 24.3 Å². The van der Waals surface area contributed by atoms with Crippen molar-refractivity contribution in [2.75, 3.05) is 6.54 Å². The second-order valence-corrected chi connectivity index (χ2v) is 7.23. The summed E-state index contributed by atoms with van der Waals surface area (Å²) in [6.07, 6.45) is 5.62. The molecule has 24 heavy (non-hydrogen) atoms. The number of hydrogen-bond acceptors (Lipinski definition) is 2. The molecule has 1 aromatic carbocycles. The fourth-order valence-corrected chi connectivity index (χ4v) is 4.34. The second-order valence-electron chi connectivity index (χ2n) is 7.23. The third kappa shape index (κ3) is 3.94. The van der Waals surface area contributed by atoms with Gasteiger partial charge in [0.2, 0.25) is 0 Å². The average Bonchev–Trinajstić information content (AvgIpc) is 3.19. The number of hydrogen-bond donors (Lipinski definition) is 2. The highest BCUT2D eigenvalue weighted by Gasteiger charge is 2.42. The quantitative estimate of drug-likeness (QED) is 0.814. The fourth-order valence-electron chi connectivity index (χ4n) is 4.34. The van der Waals surface area contributed by atoms with Crippen molar-refractivity contribution >= 4 is 11.8 Å². The molecule has 2 aliphatic carbocycles. The van der Waals surface area contributed by atoms with Crippen LogP contribution in [0.1, 0.15) is 38.2 Å². The van der Waals surface area contributed by atoms with Crippen LogP contribution >= 0.6 is 0 Å². The summed E-state index contributed by atoms with van der Waals surface area (Å²) in [5.74, 6) is 0.628. The van der Waals surface area contributed by atoms with Crippen LogP contribution in [0.2, 0.25) is 0 Å². The van der Waals surface area contributed by atoms with E-state index < -0.39 is 11.8 Å². The molecule has 4 nitrogen and oxygen atoms in total. The Balaban J connectivity index is 1.40. The Morgan fingerprint density at radius 1 is 1.17 bits per heavy atom. The summed E-state index contributed by atoms with van der Waals surface area (Å²) in [6.45, 7) is 2.37. The van der Waals surface area contributed by atoms with Crippen molar-refractivity contribution in [2.24, 2.45) is 17.8 Å². The molecule has 0 aliphatic heterocycles. The largest absolute Gasteiger partial charge is 0.348 e. The third-order valence-corrected chi connectivity index (χ3v) is 5.61. The van der Waals surface area contributed by atoms with Gasteiger partial charge >= 0.3 is 11.8 Å². The minimum atomic E-state index is -0.591. The normalized spacial score (nSPS) is 26.2. The van der Waals surface area contributed by atoms with E-state index in [1.54, 1.807) is 12.1 Å². The lowest BCUT2D eigenvalue weighted by Crippen LogP contribution is -2.47. The van der Waals surface area contributed by atoms with E-state index in [4.69, 9.17) is 0 Å². The molecular weight excluding hydrogens is 307 g/mol. The van der Waals surface area contributed by atoms with Crippen molar-refractivity contribution in [3.05, 3.63) is 35.6 Å². The highest BCUT2D eigenvalue weighted by molar-refractivity contribution is 6.35. The van der Waals surface area contributed by atoms with Gasteiger partial charge in [-0.3, -0.25) is 9.59 Å². The molecule has 2 saturated carbocycles. The Bertz CT molecular complexity index is 602. The molecule has 130 valence electrons. The predicted octanol–water partition coefficient (Wildman–Crippen LogP) is 2.43. The summed E-state index contributed by atoms with van der Waals surface area (Å²) in [7, 11) is 0. The minimum Gasteiger partial charge on any atom is -0.348 e. The van der Waals surface area contributed by atoms with Gasteiger partial charge in [0.1, 0.15) is 5.82 Å². The van der Waals surface area contributed by atoms with E-state index in [-0.39, 0.29) is 11.9 Å². The van der Waals surface area contributed by atoms with Gasteiger partial charge in [0, 0.05) is 12.6 Å². The van der Waals surface area contributed by atoms with Crippen molar-refractivity contribution in [1.82, 2.24) is 10.6 Å². The topological polar surface area (TPSA) is 58.2 Å². The number of nitrogens with one attached hydrogen (secondary N) is 2. The van der Waals surface area contributed by atoms with Gasteiger partial charge in [0.05, 0.1) is 0 Å². The maximum Gasteiger partial charge on any atom is 0.309 e. The first-order chi connectivity index (χ1) is 11.5. The Hall–Kier alpha value is -1.91. The van der Waals surface area contributed by atoms with E-state index in [9.17, 15) is 14.0 Å². The van der Waals surface area contributed by atoms with Crippen molar-refractivity contribution < 1.29 is 14.0 Å². The second kappa shape index (κ2) is 7.32. The monoisotopic (exact) mass is 332 g/mol. The lowest BCUT2D eigenvalue weighted by Gasteiger charge is -2.28. The SMILES string of the molecule is CC(NC(=O)C(=O)NCCc1ccc(F)cc1)C1CC2CCC1C2. The number of carbonyl (C=O) groups excluding carboxylic acids is 2. The molecule has 4 unspecified atom stereocenters. The summed E-state index contributed by atoms with van der Waals surface area (Å²) in [5, 5.41) is 5.49. The van der Waals surface area contributed by atoms with Crippen LogP contribution in [-0.2, 0) is 16.0 Å². The average molecular weight is 332 g/mol. The molecule has 5 heteroatoms. The Kier molecular flexibility index (Phi) is 5.17. The number of carbonyl (C=O) groups is 2. The molecule has 0 spiro atoms. The predicted molar refractivity (Wildman–Crippen MR) is 89.7 cm³/mol. The number of rotatable bonds is 5. The standard InChI is InChI=1S/C19H25FN2O2/c1-12(17-11-14-2-5-15(17)10-14)22-19(24)18(23)21-9-8-13-3-6-16(20)7-4-13/h3-4,6-7,12,14-15,17H,2,5,8-11H2,1H3,(H,21,23)(H,22,24). The summed E-state index contributed by atoms with van der Waals surface area (Å²) in [4.78, 5) is 23.9. The van der Waals surface area contributed by atoms with Gasteiger partial charge in [-0.1, -0.05) is 18.6 Å². The Morgan fingerprint density at radius 3 is 2.54 bits per heavy atom. The maximum absolute atomic E-state index is 12.8. The Morgan fingerprint density at radius 2 is 1.92 bits per heavy atom. The van der Waals surface area contributed by atoms with Crippen LogP contribution < -0.4 is 10.6 Å². The molecule has 2 fully saturated rings. The zero-order valence-corrected chi connectivity index (χ0v) is 14.1. The molecule has 3 rings (SSSR count). The van der Waals surface area contributed by atoms with E-state index >= 15 is 0 Å². The molecule has 1 aromatic rings. The lowest BCUT2D eigenvalue weighted by atomic mass is 9.84. The van der Waals surface area contributed by atoms with Gasteiger partial charge in [-0.25, -0.2) is 4.39 Å². The van der Waals surface area contributed by atoms with Crippen molar-refractivity contribution in [3.63, 3.8) is 0 Å². The molecular formula is C19H25FN2O2. The zero-order valence-electron chi connectivity index (χ0n) is 14.1. The van der Waals surface area contributed by atoms with E-state index in [0.29, 0.717) is 24.8 Å². The number of benzene rings is 1. The smallest absolute Gasteiger partial charge is 0.309 e. The molecule has 2 bridgehead atoms. The third-order valence-electron chi connectivity index (χ3n) is 5.61. The van der Waals surface area contributed by atoms with Crippen LogP contribution in [0, 0.1) is 23.6 Å². The summed E-state index contributed by atoms with van der Waals surface area (Å²) < 4.78 is 12.8. The van der Waals surface area contributed by atoms with Crippen LogP contribution in [0.3, 0.4) is 0 Å². The van der Waals surface area contributed by atoms with Crippen molar-refractivity contribution in [1.29, 1.82) is 0 Å². The van der Waals surface area contributed by atoms with Crippen LogP contribution in [0.25, 0.3) is 0 Å². The molecule has 2 amide bonds. The first kappa shape index (κ1) is 16.9. The highest BCUT2D eigenvalue weighted by Crippen LogP contribution is 2.49. The Labute approximate surface area is 142 Å². The molecule has 0 heterocycles. The van der Waals surface area contributed by atoms with E-state index in [2.05, 4.69) is 10.6 Å². The molecule has 0 radical (unpaired) electrons. The number of amides is 2. The van der Waals surface area contributed by atoms with E-state index in [1.165, 1.54) is 37.8 Å². The van der Waals surface area contributed by atoms with E-state index in [0.717, 1.165) is 11.5 Å². The van der Waals surface area contributed by atoms with Crippen molar-refractivity contribution in [2.45, 2.75) is 45.1 Å². The van der Waals surface area contributed by atoms with Gasteiger partial charge in [-0.2, -0.15) is 0 Å². The molecule has 4 atom stereocenters. The molecule has 0 aromatic heterocycles. The first-order valence-corrected chi connectivity index (χ1v) is 8.86. The van der Waals surface area contributed by atoms with Crippen LogP contribution in [-0.4, -0.2) is 24.4 Å². The summed E-state index contributed by atoms with van der Waals surface area (Å²) in [5.41, 5.74) is 0.924. The summed E-state index contributed by atoms with van der Waals surface area (Å²) in [6, 6.07) is 6.19. The molecule has 2 N–H and O–H groups in total. The number of fused-ring (bicyclic) bond motifs is 2. The lowest BCUT2D eigenvalue weighted by molar-refractivity contribution is -0.139. The van der Waals surface area contributed by atoms with Gasteiger partial charge < -0.3 is 10.6 Å². The van der Waals surface area contributed by atoms with Crippen molar-refractivity contribution in [3.8, 4) is 0 Å². The van der Waals surface area contributed by atoms with Gasteiger partial charge in [-0.15, -0.1) is 0 Å². The first-order valence-electron chi connectivity index (χ1n) is 8.86. The molecule has 0 saturated heterocycles. The highest BCUT2D eigenvalue weighted by atomic mass is 19.1. The fraction of sp³-hybridized carbons (Fsp3) is 0.579. The molecule has 2 aliphatic rings. The van der Waals surface area contributed by atoms with Crippen LogP contribution in [0.5, 0.6) is 0 Å². The number of halogens is 1. The van der Waals surface area contributed by atoms with Gasteiger partial charge in [-0.05, 0) is 68.1 Å².